The first-order valence-electron chi connectivity index (χ1n) is 11.1. The van der Waals surface area contributed by atoms with Crippen LogP contribution in [0, 0.1) is 0 Å². The monoisotopic (exact) mass is 441 g/mol. The maximum Gasteiger partial charge on any atom is 0.214 e. The number of nitrogens with one attached hydrogen (secondary N) is 2. The first kappa shape index (κ1) is 25.5. The van der Waals surface area contributed by atoms with E-state index in [1.807, 2.05) is 74.5 Å². The van der Waals surface area contributed by atoms with Gasteiger partial charge >= 0.3 is 0 Å². The van der Waals surface area contributed by atoms with Gasteiger partial charge in [0.15, 0.2) is 0 Å². The fourth-order valence-electron chi connectivity index (χ4n) is 3.04. The fraction of sp³-hybridized carbons (Fsp3) is 0.400. The minimum Gasteiger partial charge on any atom is -0.457 e. The van der Waals surface area contributed by atoms with E-state index < -0.39 is 6.10 Å². The van der Waals surface area contributed by atoms with Gasteiger partial charge in [-0.05, 0) is 43.3 Å². The zero-order chi connectivity index (χ0) is 23.0. The number of carbonyl (C=O) groups is 1. The van der Waals surface area contributed by atoms with Gasteiger partial charge in [0.2, 0.25) is 6.41 Å². The molecule has 0 saturated heterocycles. The molecule has 0 aliphatic heterocycles. The molecule has 0 aromatic heterocycles. The van der Waals surface area contributed by atoms with Crippen molar-refractivity contribution in [2.45, 2.75) is 20.0 Å². The third-order valence-electron chi connectivity index (χ3n) is 4.67. The minimum atomic E-state index is -0.433. The number of ether oxygens (including phenoxy) is 2. The number of aliphatic hydroxyl groups is 1. The fourth-order valence-corrected chi connectivity index (χ4v) is 3.04. The van der Waals surface area contributed by atoms with E-state index in [0.717, 1.165) is 30.0 Å². The quantitative estimate of drug-likeness (QED) is 0.274. The number of rotatable bonds is 16. The first-order valence-corrected chi connectivity index (χ1v) is 11.1. The lowest BCUT2D eigenvalue weighted by Crippen LogP contribution is -2.35. The number of likely N-dealkylation sites (N-methyl/N-ethyl adjacent to an activating group) is 1. The SMILES string of the molecule is CCNCC(O)CNC/C=C/c1ccc(Oc2ccccc2)cc1N(C=O)CCOCC. The van der Waals surface area contributed by atoms with Crippen LogP contribution in [0.15, 0.2) is 54.6 Å². The van der Waals surface area contributed by atoms with Gasteiger partial charge in [0.1, 0.15) is 11.5 Å². The van der Waals surface area contributed by atoms with Crippen molar-refractivity contribution in [2.24, 2.45) is 0 Å². The normalized spacial score (nSPS) is 12.1. The molecule has 0 saturated carbocycles. The minimum absolute atomic E-state index is 0.433. The van der Waals surface area contributed by atoms with Crippen LogP contribution in [0.1, 0.15) is 19.4 Å². The van der Waals surface area contributed by atoms with Crippen LogP contribution in [0.3, 0.4) is 0 Å². The molecule has 0 spiro atoms. The molecule has 7 nitrogen and oxygen atoms in total. The summed E-state index contributed by atoms with van der Waals surface area (Å²) in [5, 5.41) is 16.2. The average molecular weight is 442 g/mol. The van der Waals surface area contributed by atoms with Gasteiger partial charge in [0, 0.05) is 38.9 Å². The number of carbonyl (C=O) groups excluding carboxylic acids is 1. The summed E-state index contributed by atoms with van der Waals surface area (Å²) in [6.07, 6.45) is 4.31. The van der Waals surface area contributed by atoms with Crippen LogP contribution < -0.4 is 20.3 Å². The van der Waals surface area contributed by atoms with Crippen LogP contribution in [0.25, 0.3) is 6.08 Å². The van der Waals surface area contributed by atoms with E-state index in [9.17, 15) is 9.90 Å². The third kappa shape index (κ3) is 9.20. The highest BCUT2D eigenvalue weighted by atomic mass is 16.5. The Hall–Kier alpha value is -2.71. The molecule has 7 heteroatoms. The maximum absolute atomic E-state index is 11.8. The van der Waals surface area contributed by atoms with Crippen LogP contribution in [0.4, 0.5) is 5.69 Å². The topological polar surface area (TPSA) is 83.1 Å². The van der Waals surface area contributed by atoms with E-state index in [-0.39, 0.29) is 0 Å². The Bertz CT molecular complexity index is 814. The number of benzene rings is 2. The molecule has 1 atom stereocenters. The second kappa shape index (κ2) is 15.2. The molecule has 3 N–H and O–H groups in total. The Balaban J connectivity index is 2.10. The van der Waals surface area contributed by atoms with Crippen molar-refractivity contribution in [2.75, 3.05) is 50.8 Å². The van der Waals surface area contributed by atoms with Crippen molar-refractivity contribution in [1.82, 2.24) is 10.6 Å². The lowest BCUT2D eigenvalue weighted by atomic mass is 10.1. The van der Waals surface area contributed by atoms with Crippen molar-refractivity contribution >= 4 is 18.2 Å². The van der Waals surface area contributed by atoms with Gasteiger partial charge in [-0.25, -0.2) is 0 Å². The van der Waals surface area contributed by atoms with Gasteiger partial charge in [-0.3, -0.25) is 4.79 Å². The van der Waals surface area contributed by atoms with E-state index in [4.69, 9.17) is 9.47 Å². The molecule has 0 aliphatic carbocycles. The largest absolute Gasteiger partial charge is 0.457 e. The number of nitrogens with zero attached hydrogens (tertiary/aromatic N) is 1. The molecule has 1 amide bonds. The molecular formula is C25H35N3O4. The molecule has 2 aromatic rings. The van der Waals surface area contributed by atoms with Gasteiger partial charge in [0.25, 0.3) is 0 Å². The molecular weight excluding hydrogens is 406 g/mol. The number of hydrogen-bond donors (Lipinski definition) is 3. The van der Waals surface area contributed by atoms with Crippen LogP contribution in [0.5, 0.6) is 11.5 Å². The van der Waals surface area contributed by atoms with E-state index in [1.54, 1.807) is 4.90 Å². The highest BCUT2D eigenvalue weighted by Crippen LogP contribution is 2.29. The Labute approximate surface area is 191 Å². The summed E-state index contributed by atoms with van der Waals surface area (Å²) >= 11 is 0. The number of hydrogen-bond acceptors (Lipinski definition) is 6. The van der Waals surface area contributed by atoms with Crippen molar-refractivity contribution in [1.29, 1.82) is 0 Å². The molecule has 0 radical (unpaired) electrons. The Morgan fingerprint density at radius 2 is 1.84 bits per heavy atom. The molecule has 2 rings (SSSR count). The van der Waals surface area contributed by atoms with Crippen molar-refractivity contribution < 1.29 is 19.4 Å². The first-order chi connectivity index (χ1) is 15.7. The lowest BCUT2D eigenvalue weighted by Gasteiger charge is -2.21. The molecule has 2 aromatic carbocycles. The maximum atomic E-state index is 11.8. The third-order valence-corrected chi connectivity index (χ3v) is 4.67. The zero-order valence-corrected chi connectivity index (χ0v) is 19.0. The van der Waals surface area contributed by atoms with Gasteiger partial charge in [-0.2, -0.15) is 0 Å². The summed E-state index contributed by atoms with van der Waals surface area (Å²) in [7, 11) is 0. The second-order valence-electron chi connectivity index (χ2n) is 7.15. The predicted octanol–water partition coefficient (Wildman–Crippen LogP) is 3.05. The molecule has 1 unspecified atom stereocenters. The van der Waals surface area contributed by atoms with Crippen LogP contribution in [-0.2, 0) is 9.53 Å². The lowest BCUT2D eigenvalue weighted by molar-refractivity contribution is -0.107. The van der Waals surface area contributed by atoms with E-state index in [0.29, 0.717) is 45.1 Å². The molecule has 0 heterocycles. The van der Waals surface area contributed by atoms with E-state index >= 15 is 0 Å². The van der Waals surface area contributed by atoms with Crippen LogP contribution >= 0.6 is 0 Å². The molecule has 0 fully saturated rings. The van der Waals surface area contributed by atoms with Crippen molar-refractivity contribution in [3.63, 3.8) is 0 Å². The number of anilines is 1. The van der Waals surface area contributed by atoms with Gasteiger partial charge in [-0.1, -0.05) is 37.3 Å². The number of amides is 1. The van der Waals surface area contributed by atoms with Crippen LogP contribution in [0.2, 0.25) is 0 Å². The zero-order valence-electron chi connectivity index (χ0n) is 19.0. The van der Waals surface area contributed by atoms with E-state index in [1.165, 1.54) is 0 Å². The Kier molecular flexibility index (Phi) is 12.1. The summed E-state index contributed by atoms with van der Waals surface area (Å²) in [5.74, 6) is 1.38. The number of aliphatic hydroxyl groups excluding tert-OH is 1. The molecule has 0 bridgehead atoms. The second-order valence-corrected chi connectivity index (χ2v) is 7.15. The predicted molar refractivity (Wildman–Crippen MR) is 129 cm³/mol. The average Bonchev–Trinajstić information content (AvgIpc) is 2.82. The van der Waals surface area contributed by atoms with Crippen molar-refractivity contribution in [3.05, 3.63) is 60.2 Å². The number of para-hydroxylation sites is 1. The summed E-state index contributed by atoms with van der Waals surface area (Å²) in [4.78, 5) is 13.4. The summed E-state index contributed by atoms with van der Waals surface area (Å²) in [5.41, 5.74) is 1.64. The van der Waals surface area contributed by atoms with E-state index in [2.05, 4.69) is 10.6 Å². The summed E-state index contributed by atoms with van der Waals surface area (Å²) < 4.78 is 11.4. The summed E-state index contributed by atoms with van der Waals surface area (Å²) in [6.45, 7) is 7.93. The van der Waals surface area contributed by atoms with Crippen LogP contribution in [-0.4, -0.2) is 63.6 Å². The summed E-state index contributed by atoms with van der Waals surface area (Å²) in [6, 6.07) is 15.2. The Morgan fingerprint density at radius 1 is 1.06 bits per heavy atom. The highest BCUT2D eigenvalue weighted by molar-refractivity contribution is 5.82. The van der Waals surface area contributed by atoms with Gasteiger partial charge in [0.05, 0.1) is 18.4 Å². The smallest absolute Gasteiger partial charge is 0.214 e. The standard InChI is InChI=1S/C25H35N3O4/c1-3-26-18-22(30)19-27-14-8-9-21-12-13-24(32-23-10-6-5-7-11-23)17-25(21)28(20-29)15-16-31-4-2/h5-13,17,20,22,26-27,30H,3-4,14-16,18-19H2,1-2H3/b9-8+. The molecule has 32 heavy (non-hydrogen) atoms. The Morgan fingerprint density at radius 3 is 2.56 bits per heavy atom. The van der Waals surface area contributed by atoms with Gasteiger partial charge in [-0.15, -0.1) is 0 Å². The highest BCUT2D eigenvalue weighted by Gasteiger charge is 2.12. The van der Waals surface area contributed by atoms with Gasteiger partial charge < -0.3 is 30.1 Å². The molecule has 174 valence electrons. The van der Waals surface area contributed by atoms with Crippen molar-refractivity contribution in [3.8, 4) is 11.5 Å². The molecule has 0 aliphatic rings.